The minimum absolute atomic E-state index is 0.114. The first-order chi connectivity index (χ1) is 17.9. The van der Waals surface area contributed by atoms with Crippen LogP contribution in [0.5, 0.6) is 0 Å². The number of nitrogens with zero attached hydrogens (tertiary/aromatic N) is 2. The maximum atomic E-state index is 12.9. The fraction of sp³-hybridized carbons (Fsp3) is 0.345. The van der Waals surface area contributed by atoms with Gasteiger partial charge < -0.3 is 4.90 Å². The molecule has 39 heavy (non-hydrogen) atoms. The van der Waals surface area contributed by atoms with E-state index in [0.717, 1.165) is 33.9 Å². The Bertz CT molecular complexity index is 1410. The van der Waals surface area contributed by atoms with Gasteiger partial charge in [0.05, 0.1) is 5.41 Å². The first-order valence-electron chi connectivity index (χ1n) is 12.1. The average molecular weight is 584 g/mol. The number of halogens is 6. The normalized spacial score (nSPS) is 19.6. The van der Waals surface area contributed by atoms with Crippen molar-refractivity contribution >= 4 is 40.6 Å². The fourth-order valence-electron chi connectivity index (χ4n) is 5.38. The summed E-state index contributed by atoms with van der Waals surface area (Å²) in [7, 11) is 3.79. The number of likely N-dealkylation sites (N-methyl/N-ethyl adjacent to an activating group) is 1. The average Bonchev–Trinajstić information content (AvgIpc) is 3.10. The predicted octanol–water partition coefficient (Wildman–Crippen LogP) is 9.34. The SMILES string of the molecule is CN1\C(=C/C=C/C=C/C2=[N+](C)c3ccc(SC(F)(F)F)cc3C2(C)C)C(C)(C)c2cc(SC(F)(F)F)ccc21. The van der Waals surface area contributed by atoms with Crippen LogP contribution in [0.15, 0.2) is 82.3 Å². The minimum atomic E-state index is -4.34. The number of hydrogen-bond acceptors (Lipinski definition) is 3. The zero-order valence-electron chi connectivity index (χ0n) is 22.3. The molecule has 10 heteroatoms. The number of fused-ring (bicyclic) bond motifs is 2. The number of hydrogen-bond donors (Lipinski definition) is 0. The Labute approximate surface area is 233 Å². The second kappa shape index (κ2) is 10.1. The van der Waals surface area contributed by atoms with Crippen molar-refractivity contribution in [2.24, 2.45) is 0 Å². The molecule has 0 bridgehead atoms. The van der Waals surface area contributed by atoms with E-state index in [1.54, 1.807) is 24.3 Å². The molecule has 0 atom stereocenters. The molecule has 0 unspecified atom stereocenters. The molecule has 2 aromatic rings. The third-order valence-corrected chi connectivity index (χ3v) is 8.65. The zero-order valence-corrected chi connectivity index (χ0v) is 24.0. The summed E-state index contributed by atoms with van der Waals surface area (Å²) in [6.07, 6.45) is 9.54. The fourth-order valence-corrected chi connectivity index (χ4v) is 6.54. The van der Waals surface area contributed by atoms with Crippen LogP contribution in [0.4, 0.5) is 37.7 Å². The topological polar surface area (TPSA) is 6.25 Å². The molecule has 2 nitrogen and oxygen atoms in total. The van der Waals surface area contributed by atoms with Gasteiger partial charge in [-0.15, -0.1) is 0 Å². The summed E-state index contributed by atoms with van der Waals surface area (Å²) < 4.78 is 79.4. The number of alkyl halides is 6. The molecule has 0 fully saturated rings. The maximum absolute atomic E-state index is 12.9. The van der Waals surface area contributed by atoms with Crippen LogP contribution in [0.3, 0.4) is 0 Å². The molecule has 0 spiro atoms. The highest BCUT2D eigenvalue weighted by atomic mass is 32.2. The van der Waals surface area contributed by atoms with E-state index in [4.69, 9.17) is 0 Å². The summed E-state index contributed by atoms with van der Waals surface area (Å²) in [6.45, 7) is 7.95. The summed E-state index contributed by atoms with van der Waals surface area (Å²) in [5, 5.41) is 0. The molecular formula is C29H29F6N2S2+. The van der Waals surface area contributed by atoms with Gasteiger partial charge in [0.25, 0.3) is 0 Å². The van der Waals surface area contributed by atoms with Gasteiger partial charge >= 0.3 is 11.0 Å². The summed E-state index contributed by atoms with van der Waals surface area (Å²) in [5.74, 6) is 0. The lowest BCUT2D eigenvalue weighted by Crippen LogP contribution is -2.26. The van der Waals surface area contributed by atoms with Crippen LogP contribution in [-0.2, 0) is 10.8 Å². The largest absolute Gasteiger partial charge is 0.446 e. The van der Waals surface area contributed by atoms with Gasteiger partial charge in [-0.3, -0.25) is 0 Å². The van der Waals surface area contributed by atoms with Crippen molar-refractivity contribution in [2.45, 2.75) is 59.3 Å². The van der Waals surface area contributed by atoms with Crippen LogP contribution >= 0.6 is 23.5 Å². The van der Waals surface area contributed by atoms with E-state index in [1.165, 1.54) is 12.1 Å². The zero-order chi connectivity index (χ0) is 29.0. The van der Waals surface area contributed by atoms with E-state index in [1.807, 2.05) is 81.6 Å². The van der Waals surface area contributed by atoms with Gasteiger partial charge in [0.2, 0.25) is 5.69 Å². The van der Waals surface area contributed by atoms with Crippen molar-refractivity contribution in [2.75, 3.05) is 19.0 Å². The van der Waals surface area contributed by atoms with Crippen LogP contribution < -0.4 is 4.90 Å². The molecule has 2 aromatic carbocycles. The third kappa shape index (κ3) is 5.96. The minimum Gasteiger partial charge on any atom is -0.347 e. The molecule has 208 valence electrons. The third-order valence-electron chi connectivity index (χ3n) is 7.21. The molecule has 2 heterocycles. The first kappa shape index (κ1) is 29.4. The quantitative estimate of drug-likeness (QED) is 0.150. The van der Waals surface area contributed by atoms with E-state index in [2.05, 4.69) is 0 Å². The van der Waals surface area contributed by atoms with Gasteiger partial charge in [-0.1, -0.05) is 32.1 Å². The maximum Gasteiger partial charge on any atom is 0.446 e. The monoisotopic (exact) mass is 583 g/mol. The lowest BCUT2D eigenvalue weighted by Gasteiger charge is -2.23. The van der Waals surface area contributed by atoms with Crippen molar-refractivity contribution in [3.8, 4) is 0 Å². The van der Waals surface area contributed by atoms with Crippen LogP contribution in [-0.4, -0.2) is 35.4 Å². The number of rotatable bonds is 5. The van der Waals surface area contributed by atoms with Gasteiger partial charge in [0.15, 0.2) is 5.71 Å². The molecule has 0 saturated carbocycles. The number of anilines is 1. The molecule has 2 aliphatic heterocycles. The Morgan fingerprint density at radius 2 is 1.33 bits per heavy atom. The van der Waals surface area contributed by atoms with Gasteiger partial charge in [-0.2, -0.15) is 30.9 Å². The first-order valence-corrected chi connectivity index (χ1v) is 13.8. The number of benzene rings is 2. The number of thioether (sulfide) groups is 2. The molecule has 0 saturated heterocycles. The van der Waals surface area contributed by atoms with Crippen molar-refractivity contribution in [3.63, 3.8) is 0 Å². The van der Waals surface area contributed by atoms with Gasteiger partial charge in [0.1, 0.15) is 7.05 Å². The highest BCUT2D eigenvalue weighted by Gasteiger charge is 2.44. The second-order valence-corrected chi connectivity index (χ2v) is 12.8. The van der Waals surface area contributed by atoms with E-state index < -0.39 is 21.8 Å². The molecule has 0 aromatic heterocycles. The van der Waals surface area contributed by atoms with Crippen LogP contribution in [0, 0.1) is 0 Å². The Balaban J connectivity index is 1.53. The lowest BCUT2D eigenvalue weighted by molar-refractivity contribution is -0.401. The number of allylic oxidation sites excluding steroid dienone is 6. The molecular weight excluding hydrogens is 554 g/mol. The Morgan fingerprint density at radius 3 is 1.92 bits per heavy atom. The van der Waals surface area contributed by atoms with Gasteiger partial charge in [-0.25, -0.2) is 0 Å². The Kier molecular flexibility index (Phi) is 7.62. The molecule has 2 aliphatic rings. The molecule has 0 N–H and O–H groups in total. The van der Waals surface area contributed by atoms with Gasteiger partial charge in [0, 0.05) is 51.3 Å². The van der Waals surface area contributed by atoms with Crippen molar-refractivity contribution in [1.82, 2.24) is 0 Å². The molecule has 4 rings (SSSR count). The highest BCUT2D eigenvalue weighted by molar-refractivity contribution is 8.00. The molecule has 0 aliphatic carbocycles. The van der Waals surface area contributed by atoms with Gasteiger partial charge in [-0.05, 0) is 79.3 Å². The van der Waals surface area contributed by atoms with Crippen LogP contribution in [0.25, 0.3) is 0 Å². The highest BCUT2D eigenvalue weighted by Crippen LogP contribution is 2.49. The second-order valence-electron chi connectivity index (χ2n) is 10.5. The van der Waals surface area contributed by atoms with Crippen LogP contribution in [0.2, 0.25) is 0 Å². The van der Waals surface area contributed by atoms with Crippen molar-refractivity contribution in [1.29, 1.82) is 0 Å². The molecule has 0 radical (unpaired) electrons. The summed E-state index contributed by atoms with van der Waals surface area (Å²) >= 11 is -0.227. The lowest BCUT2D eigenvalue weighted by atomic mass is 9.81. The Hall–Kier alpha value is -2.59. The smallest absolute Gasteiger partial charge is 0.347 e. The van der Waals surface area contributed by atoms with Crippen molar-refractivity contribution in [3.05, 3.63) is 83.6 Å². The van der Waals surface area contributed by atoms with E-state index in [-0.39, 0.29) is 33.3 Å². The summed E-state index contributed by atoms with van der Waals surface area (Å²) in [4.78, 5) is 2.31. The Morgan fingerprint density at radius 1 is 0.769 bits per heavy atom. The van der Waals surface area contributed by atoms with E-state index in [0.29, 0.717) is 0 Å². The van der Waals surface area contributed by atoms with E-state index >= 15 is 0 Å². The van der Waals surface area contributed by atoms with Crippen LogP contribution in [0.1, 0.15) is 38.8 Å². The predicted molar refractivity (Wildman–Crippen MR) is 148 cm³/mol. The van der Waals surface area contributed by atoms with E-state index in [9.17, 15) is 26.3 Å². The van der Waals surface area contributed by atoms with Crippen molar-refractivity contribution < 1.29 is 30.9 Å². The summed E-state index contributed by atoms with van der Waals surface area (Å²) in [5.41, 5.74) is -4.37. The molecule has 0 amide bonds. The summed E-state index contributed by atoms with van der Waals surface area (Å²) in [6, 6.07) is 9.65. The standard InChI is InChI=1S/C29H29F6N2S2/c1-26(2)20-16-18(38-28(30,31)32)12-14-22(20)36(5)24(26)10-8-7-9-11-25-27(3,4)21-17-19(39-29(33,34)35)13-15-23(21)37(25)6/h7-17H,1-6H3/q+1.